The van der Waals surface area contributed by atoms with E-state index in [-0.39, 0.29) is 10.8 Å². The van der Waals surface area contributed by atoms with Crippen LogP contribution in [0.15, 0.2) is 54.6 Å². The van der Waals surface area contributed by atoms with Crippen LogP contribution in [0.5, 0.6) is 0 Å². The molecule has 0 unspecified atom stereocenters. The first kappa shape index (κ1) is 18.9. The summed E-state index contributed by atoms with van der Waals surface area (Å²) in [7, 11) is 0. The molecule has 0 amide bonds. The van der Waals surface area contributed by atoms with Gasteiger partial charge in [0.2, 0.25) is 11.6 Å². The lowest BCUT2D eigenvalue weighted by Crippen LogP contribution is -2.10. The Bertz CT molecular complexity index is 1750. The number of para-hydroxylation sites is 1. The number of aromatic nitrogens is 5. The number of rotatable bonds is 0. The van der Waals surface area contributed by atoms with Gasteiger partial charge in [0, 0.05) is 0 Å². The molecule has 164 valence electrons. The van der Waals surface area contributed by atoms with Crippen LogP contribution in [0.25, 0.3) is 50.2 Å². The lowest BCUT2D eigenvalue weighted by atomic mass is 9.87. The van der Waals surface area contributed by atoms with E-state index in [0.29, 0.717) is 0 Å². The molecule has 5 heteroatoms. The predicted octanol–water partition coefficient (Wildman–Crippen LogP) is 6.73. The standard InChI is InChI=1S/C28H27N5/c1-27(2,3)16-10-12-18-22(14-16)31-20-8-7-9-21-24(20)33(25(31)29-18)26-30-19-13-11-17(28(4,5)6)15-23(19)32(21)26/h7-15H,1-6H3. The Kier molecular flexibility index (Phi) is 3.24. The summed E-state index contributed by atoms with van der Waals surface area (Å²) in [6.45, 7) is 13.5. The van der Waals surface area contributed by atoms with Gasteiger partial charge in [-0.1, -0.05) is 59.7 Å². The number of benzene rings is 3. The molecule has 0 atom stereocenters. The molecule has 5 nitrogen and oxygen atoms in total. The molecular formula is C28H27N5. The van der Waals surface area contributed by atoms with Crippen molar-refractivity contribution in [2.75, 3.05) is 0 Å². The zero-order valence-corrected chi connectivity index (χ0v) is 19.9. The molecular weight excluding hydrogens is 406 g/mol. The van der Waals surface area contributed by atoms with Crippen LogP contribution in [0.2, 0.25) is 0 Å². The van der Waals surface area contributed by atoms with Crippen molar-refractivity contribution in [3.05, 3.63) is 65.7 Å². The molecule has 33 heavy (non-hydrogen) atoms. The van der Waals surface area contributed by atoms with E-state index in [1.807, 2.05) is 0 Å². The molecule has 7 aromatic rings. The fourth-order valence-electron chi connectivity index (χ4n) is 5.23. The predicted molar refractivity (Wildman–Crippen MR) is 136 cm³/mol. The van der Waals surface area contributed by atoms with Gasteiger partial charge in [-0.05, 0) is 58.4 Å². The summed E-state index contributed by atoms with van der Waals surface area (Å²) in [5, 5.41) is 0. The normalized spacial score (nSPS) is 13.8. The highest BCUT2D eigenvalue weighted by Gasteiger charge is 2.25. The Morgan fingerprint density at radius 2 is 1.00 bits per heavy atom. The molecule has 0 radical (unpaired) electrons. The minimum absolute atomic E-state index is 0.0810. The van der Waals surface area contributed by atoms with Gasteiger partial charge in [-0.3, -0.25) is 8.80 Å². The summed E-state index contributed by atoms with van der Waals surface area (Å²) in [6.07, 6.45) is 0. The Morgan fingerprint density at radius 3 is 1.42 bits per heavy atom. The van der Waals surface area contributed by atoms with E-state index >= 15 is 0 Å². The van der Waals surface area contributed by atoms with Crippen molar-refractivity contribution < 1.29 is 0 Å². The van der Waals surface area contributed by atoms with Gasteiger partial charge in [0.25, 0.3) is 0 Å². The molecule has 0 saturated heterocycles. The minimum atomic E-state index is 0.0810. The van der Waals surface area contributed by atoms with Crippen molar-refractivity contribution in [2.45, 2.75) is 52.4 Å². The second-order valence-electron chi connectivity index (χ2n) is 11.4. The molecule has 0 aliphatic carbocycles. The zero-order valence-electron chi connectivity index (χ0n) is 19.9. The number of hydrogen-bond donors (Lipinski definition) is 0. The number of nitrogens with zero attached hydrogens (tertiary/aromatic N) is 5. The third-order valence-corrected chi connectivity index (χ3v) is 7.10. The smallest absolute Gasteiger partial charge is 0.223 e. The van der Waals surface area contributed by atoms with Crippen molar-refractivity contribution in [1.29, 1.82) is 0 Å². The quantitative estimate of drug-likeness (QED) is 0.266. The van der Waals surface area contributed by atoms with Crippen LogP contribution in [0.4, 0.5) is 0 Å². The summed E-state index contributed by atoms with van der Waals surface area (Å²) in [5.41, 5.74) is 10.6. The topological polar surface area (TPSA) is 39.0 Å². The van der Waals surface area contributed by atoms with Crippen LogP contribution in [-0.2, 0) is 10.8 Å². The largest absolute Gasteiger partial charge is 0.276 e. The van der Waals surface area contributed by atoms with Crippen molar-refractivity contribution >= 4 is 50.2 Å². The van der Waals surface area contributed by atoms with Crippen LogP contribution in [0.1, 0.15) is 52.7 Å². The molecule has 0 aliphatic heterocycles. The Balaban J connectivity index is 1.68. The fourth-order valence-corrected chi connectivity index (χ4v) is 5.23. The maximum Gasteiger partial charge on any atom is 0.223 e. The maximum absolute atomic E-state index is 5.08. The number of hydrogen-bond acceptors (Lipinski definition) is 2. The van der Waals surface area contributed by atoms with E-state index in [2.05, 4.69) is 109 Å². The van der Waals surface area contributed by atoms with Crippen molar-refractivity contribution in [3.63, 3.8) is 0 Å². The number of imidazole rings is 4. The summed E-state index contributed by atoms with van der Waals surface area (Å²) < 4.78 is 6.83. The summed E-state index contributed by atoms with van der Waals surface area (Å²) >= 11 is 0. The first-order chi connectivity index (χ1) is 15.6. The lowest BCUT2D eigenvalue weighted by molar-refractivity contribution is 0.590. The highest BCUT2D eigenvalue weighted by Crippen LogP contribution is 2.36. The highest BCUT2D eigenvalue weighted by atomic mass is 15.3. The summed E-state index contributed by atoms with van der Waals surface area (Å²) in [4.78, 5) is 10.2. The average Bonchev–Trinajstić information content (AvgIpc) is 3.45. The summed E-state index contributed by atoms with van der Waals surface area (Å²) in [6, 6.07) is 19.8. The van der Waals surface area contributed by atoms with E-state index in [4.69, 9.17) is 9.97 Å². The molecule has 4 aromatic heterocycles. The molecule has 0 aliphatic rings. The maximum atomic E-state index is 5.08. The zero-order chi connectivity index (χ0) is 22.9. The number of fused-ring (bicyclic) bond motifs is 10. The second-order valence-corrected chi connectivity index (χ2v) is 11.4. The third kappa shape index (κ3) is 2.32. The average molecular weight is 434 g/mol. The molecule has 0 bridgehead atoms. The third-order valence-electron chi connectivity index (χ3n) is 7.10. The van der Waals surface area contributed by atoms with Crippen molar-refractivity contribution in [2.24, 2.45) is 0 Å². The minimum Gasteiger partial charge on any atom is -0.276 e. The van der Waals surface area contributed by atoms with E-state index in [9.17, 15) is 0 Å². The molecule has 0 saturated carbocycles. The Labute approximate surface area is 191 Å². The van der Waals surface area contributed by atoms with Gasteiger partial charge in [-0.2, -0.15) is 0 Å². The first-order valence-electron chi connectivity index (χ1n) is 11.6. The van der Waals surface area contributed by atoms with Crippen LogP contribution in [-0.4, -0.2) is 23.2 Å². The lowest BCUT2D eigenvalue weighted by Gasteiger charge is -2.18. The Hall–Kier alpha value is -3.60. The van der Waals surface area contributed by atoms with Crippen LogP contribution < -0.4 is 0 Å². The molecule has 7 rings (SSSR count). The van der Waals surface area contributed by atoms with Crippen LogP contribution in [0.3, 0.4) is 0 Å². The van der Waals surface area contributed by atoms with Gasteiger partial charge < -0.3 is 0 Å². The van der Waals surface area contributed by atoms with Crippen LogP contribution in [0, 0.1) is 0 Å². The molecule has 0 N–H and O–H groups in total. The monoisotopic (exact) mass is 433 g/mol. The Morgan fingerprint density at radius 1 is 0.545 bits per heavy atom. The van der Waals surface area contributed by atoms with Gasteiger partial charge in [-0.15, -0.1) is 0 Å². The first-order valence-corrected chi connectivity index (χ1v) is 11.6. The van der Waals surface area contributed by atoms with Gasteiger partial charge >= 0.3 is 0 Å². The van der Waals surface area contributed by atoms with E-state index < -0.39 is 0 Å². The molecule has 0 spiro atoms. The molecule has 4 heterocycles. The SMILES string of the molecule is CC(C)(C)c1ccc2nc3n(c2c1)c1cccc2c1n3c1nc3ccc(C(C)(C)C)cc3n21. The van der Waals surface area contributed by atoms with Gasteiger partial charge in [0.1, 0.15) is 5.52 Å². The van der Waals surface area contributed by atoms with Gasteiger partial charge in [-0.25, -0.2) is 14.4 Å². The second kappa shape index (κ2) is 5.66. The highest BCUT2D eigenvalue weighted by molar-refractivity contribution is 6.03. The van der Waals surface area contributed by atoms with E-state index in [1.165, 1.54) is 27.7 Å². The van der Waals surface area contributed by atoms with Gasteiger partial charge in [0.15, 0.2) is 0 Å². The summed E-state index contributed by atoms with van der Waals surface area (Å²) in [5.74, 6) is 1.84. The van der Waals surface area contributed by atoms with E-state index in [1.54, 1.807) is 0 Å². The van der Waals surface area contributed by atoms with Gasteiger partial charge in [0.05, 0.1) is 33.1 Å². The molecule has 0 fully saturated rings. The van der Waals surface area contributed by atoms with Crippen LogP contribution >= 0.6 is 0 Å². The van der Waals surface area contributed by atoms with Crippen molar-refractivity contribution in [3.8, 4) is 0 Å². The van der Waals surface area contributed by atoms with Crippen molar-refractivity contribution in [1.82, 2.24) is 23.2 Å². The fraction of sp³-hybridized carbons (Fsp3) is 0.286. The van der Waals surface area contributed by atoms with E-state index in [0.717, 1.165) is 33.6 Å². The molecule has 3 aromatic carbocycles.